The molecule has 2 nitrogen and oxygen atoms in total. The summed E-state index contributed by atoms with van der Waals surface area (Å²) in [7, 11) is 0. The number of halogens is 2. The van der Waals surface area contributed by atoms with Crippen molar-refractivity contribution in [2.24, 2.45) is 0 Å². The zero-order valence-corrected chi connectivity index (χ0v) is 12.0. The van der Waals surface area contributed by atoms with Crippen LogP contribution in [0.15, 0.2) is 18.2 Å². The highest BCUT2D eigenvalue weighted by molar-refractivity contribution is 5.19. The van der Waals surface area contributed by atoms with Gasteiger partial charge in [-0.25, -0.2) is 8.78 Å². The summed E-state index contributed by atoms with van der Waals surface area (Å²) in [6.07, 6.45) is 4.58. The van der Waals surface area contributed by atoms with E-state index in [2.05, 4.69) is 4.90 Å². The van der Waals surface area contributed by atoms with Crippen LogP contribution < -0.4 is 0 Å². The second kappa shape index (κ2) is 7.14. The summed E-state index contributed by atoms with van der Waals surface area (Å²) in [5.41, 5.74) is 0.144. The lowest BCUT2D eigenvalue weighted by molar-refractivity contribution is 0.107. The lowest BCUT2D eigenvalue weighted by Gasteiger charge is -2.31. The average Bonchev–Trinajstić information content (AvgIpc) is 2.59. The summed E-state index contributed by atoms with van der Waals surface area (Å²) < 4.78 is 27.6. The monoisotopic (exact) mass is 283 g/mol. The molecule has 1 N–H and O–H groups in total. The first-order chi connectivity index (χ1) is 9.58. The standard InChI is InChI=1S/C16H23F2NO/c1-12(20)10-13-6-3-2-4-9-19(13)11-14-15(17)7-5-8-16(14)18/h5,7-8,12-13,20H,2-4,6,9-11H2,1H3. The van der Waals surface area contributed by atoms with E-state index in [-0.39, 0.29) is 24.3 Å². The summed E-state index contributed by atoms with van der Waals surface area (Å²) in [4.78, 5) is 2.13. The number of rotatable bonds is 4. The van der Waals surface area contributed by atoms with Gasteiger partial charge in [-0.2, -0.15) is 0 Å². The van der Waals surface area contributed by atoms with Crippen molar-refractivity contribution in [2.75, 3.05) is 6.54 Å². The molecule has 1 heterocycles. The summed E-state index contributed by atoms with van der Waals surface area (Å²) in [6.45, 7) is 2.90. The molecule has 0 spiro atoms. The molecular weight excluding hydrogens is 260 g/mol. The molecule has 0 bridgehead atoms. The molecule has 0 radical (unpaired) electrons. The van der Waals surface area contributed by atoms with E-state index in [0.29, 0.717) is 6.42 Å². The Hall–Kier alpha value is -1.00. The third kappa shape index (κ3) is 4.00. The molecule has 0 aromatic heterocycles. The Morgan fingerprint density at radius 1 is 1.25 bits per heavy atom. The van der Waals surface area contributed by atoms with Gasteiger partial charge in [0, 0.05) is 18.2 Å². The van der Waals surface area contributed by atoms with Crippen molar-refractivity contribution in [1.29, 1.82) is 0 Å². The second-order valence-corrected chi connectivity index (χ2v) is 5.76. The van der Waals surface area contributed by atoms with E-state index in [1.165, 1.54) is 18.2 Å². The molecule has 1 aliphatic heterocycles. The highest BCUT2D eigenvalue weighted by atomic mass is 19.1. The van der Waals surface area contributed by atoms with Gasteiger partial charge in [-0.15, -0.1) is 0 Å². The maximum Gasteiger partial charge on any atom is 0.130 e. The fourth-order valence-corrected chi connectivity index (χ4v) is 2.99. The van der Waals surface area contributed by atoms with E-state index < -0.39 is 11.6 Å². The zero-order chi connectivity index (χ0) is 14.5. The van der Waals surface area contributed by atoms with Crippen LogP contribution >= 0.6 is 0 Å². The van der Waals surface area contributed by atoms with Crippen molar-refractivity contribution in [1.82, 2.24) is 4.90 Å². The Kier molecular flexibility index (Phi) is 5.49. The lowest BCUT2D eigenvalue weighted by atomic mass is 10.0. The van der Waals surface area contributed by atoms with Gasteiger partial charge in [0.25, 0.3) is 0 Å². The predicted molar refractivity (Wildman–Crippen MR) is 75.3 cm³/mol. The number of aliphatic hydroxyl groups is 1. The first-order valence-corrected chi connectivity index (χ1v) is 7.43. The van der Waals surface area contributed by atoms with Gasteiger partial charge in [0.05, 0.1) is 6.10 Å². The largest absolute Gasteiger partial charge is 0.393 e. The first-order valence-electron chi connectivity index (χ1n) is 7.43. The number of benzene rings is 1. The molecule has 112 valence electrons. The number of likely N-dealkylation sites (tertiary alicyclic amines) is 1. The van der Waals surface area contributed by atoms with Gasteiger partial charge < -0.3 is 5.11 Å². The van der Waals surface area contributed by atoms with Crippen molar-refractivity contribution in [2.45, 2.75) is 57.7 Å². The molecule has 2 unspecified atom stereocenters. The summed E-state index contributed by atoms with van der Waals surface area (Å²) >= 11 is 0. The minimum atomic E-state index is -0.481. The molecule has 1 aromatic carbocycles. The second-order valence-electron chi connectivity index (χ2n) is 5.76. The van der Waals surface area contributed by atoms with Gasteiger partial charge in [-0.1, -0.05) is 18.9 Å². The van der Waals surface area contributed by atoms with Crippen molar-refractivity contribution in [3.05, 3.63) is 35.4 Å². The van der Waals surface area contributed by atoms with Crippen molar-refractivity contribution >= 4 is 0 Å². The number of aliphatic hydroxyl groups excluding tert-OH is 1. The Labute approximate surface area is 119 Å². The molecule has 2 rings (SSSR count). The van der Waals surface area contributed by atoms with Crippen LogP contribution in [0.25, 0.3) is 0 Å². The molecule has 1 aromatic rings. The van der Waals surface area contributed by atoms with Gasteiger partial charge >= 0.3 is 0 Å². The first kappa shape index (κ1) is 15.4. The predicted octanol–water partition coefficient (Wildman–Crippen LogP) is 3.48. The van der Waals surface area contributed by atoms with Crippen LogP contribution in [0.3, 0.4) is 0 Å². The lowest BCUT2D eigenvalue weighted by Crippen LogP contribution is -2.37. The molecule has 2 atom stereocenters. The number of nitrogens with zero attached hydrogens (tertiary/aromatic N) is 1. The smallest absolute Gasteiger partial charge is 0.130 e. The molecule has 0 aliphatic carbocycles. The van der Waals surface area contributed by atoms with E-state index in [4.69, 9.17) is 0 Å². The third-order valence-corrected chi connectivity index (χ3v) is 4.04. The molecule has 4 heteroatoms. The fraction of sp³-hybridized carbons (Fsp3) is 0.625. The van der Waals surface area contributed by atoms with Crippen LogP contribution in [-0.2, 0) is 6.54 Å². The van der Waals surface area contributed by atoms with Crippen LogP contribution in [0, 0.1) is 11.6 Å². The highest BCUT2D eigenvalue weighted by Gasteiger charge is 2.24. The maximum atomic E-state index is 13.8. The number of hydrogen-bond acceptors (Lipinski definition) is 2. The van der Waals surface area contributed by atoms with Crippen molar-refractivity contribution < 1.29 is 13.9 Å². The highest BCUT2D eigenvalue weighted by Crippen LogP contribution is 2.24. The fourth-order valence-electron chi connectivity index (χ4n) is 2.99. The average molecular weight is 283 g/mol. The summed E-state index contributed by atoms with van der Waals surface area (Å²) in [6, 6.07) is 4.21. The van der Waals surface area contributed by atoms with Crippen LogP contribution in [0.5, 0.6) is 0 Å². The molecule has 1 fully saturated rings. The molecule has 1 saturated heterocycles. The van der Waals surface area contributed by atoms with Gasteiger partial charge in [0.15, 0.2) is 0 Å². The van der Waals surface area contributed by atoms with Crippen molar-refractivity contribution in [3.8, 4) is 0 Å². The molecular formula is C16H23F2NO. The van der Waals surface area contributed by atoms with E-state index >= 15 is 0 Å². The van der Waals surface area contributed by atoms with E-state index in [1.807, 2.05) is 0 Å². The molecule has 20 heavy (non-hydrogen) atoms. The Bertz CT molecular complexity index is 416. The zero-order valence-electron chi connectivity index (χ0n) is 12.0. The van der Waals surface area contributed by atoms with E-state index in [0.717, 1.165) is 32.2 Å². The third-order valence-electron chi connectivity index (χ3n) is 4.04. The maximum absolute atomic E-state index is 13.8. The van der Waals surface area contributed by atoms with Crippen LogP contribution in [0.4, 0.5) is 8.78 Å². The summed E-state index contributed by atoms with van der Waals surface area (Å²) in [5.74, 6) is -0.963. The molecule has 0 amide bonds. The van der Waals surface area contributed by atoms with Crippen LogP contribution in [0.2, 0.25) is 0 Å². The van der Waals surface area contributed by atoms with Crippen molar-refractivity contribution in [3.63, 3.8) is 0 Å². The van der Waals surface area contributed by atoms with Gasteiger partial charge in [0.1, 0.15) is 11.6 Å². The SMILES string of the molecule is CC(O)CC1CCCCCN1Cc1c(F)cccc1F. The minimum absolute atomic E-state index is 0.144. The Morgan fingerprint density at radius 2 is 1.95 bits per heavy atom. The summed E-state index contributed by atoms with van der Waals surface area (Å²) in [5, 5.41) is 9.61. The van der Waals surface area contributed by atoms with Gasteiger partial charge in [0.2, 0.25) is 0 Å². The van der Waals surface area contributed by atoms with Crippen LogP contribution in [0.1, 0.15) is 44.6 Å². The normalized spacial score (nSPS) is 22.5. The minimum Gasteiger partial charge on any atom is -0.393 e. The number of hydrogen-bond donors (Lipinski definition) is 1. The van der Waals surface area contributed by atoms with Gasteiger partial charge in [-0.05, 0) is 44.9 Å². The topological polar surface area (TPSA) is 23.5 Å². The Balaban J connectivity index is 2.14. The van der Waals surface area contributed by atoms with E-state index in [9.17, 15) is 13.9 Å². The van der Waals surface area contributed by atoms with Gasteiger partial charge in [-0.3, -0.25) is 4.90 Å². The van der Waals surface area contributed by atoms with Crippen LogP contribution in [-0.4, -0.2) is 28.7 Å². The molecule has 1 aliphatic rings. The van der Waals surface area contributed by atoms with E-state index in [1.54, 1.807) is 6.92 Å². The molecule has 0 saturated carbocycles. The Morgan fingerprint density at radius 3 is 2.60 bits per heavy atom. The quantitative estimate of drug-likeness (QED) is 0.914.